The van der Waals surface area contributed by atoms with Gasteiger partial charge in [0.2, 0.25) is 5.91 Å². The summed E-state index contributed by atoms with van der Waals surface area (Å²) in [6.45, 7) is 0.165. The lowest BCUT2D eigenvalue weighted by atomic mass is 9.98. The van der Waals surface area contributed by atoms with Crippen LogP contribution in [0, 0.1) is 0 Å². The minimum Gasteiger partial charge on any atom is -0.345 e. The fourth-order valence-electron chi connectivity index (χ4n) is 3.26. The second kappa shape index (κ2) is 8.48. The lowest BCUT2D eigenvalue weighted by Crippen LogP contribution is -2.32. The fraction of sp³-hybridized carbons (Fsp3) is 0.130. The Balaban J connectivity index is 1.50. The lowest BCUT2D eigenvalue weighted by Gasteiger charge is -2.20. The quantitative estimate of drug-likeness (QED) is 0.554. The van der Waals surface area contributed by atoms with E-state index in [1.807, 2.05) is 66.7 Å². The van der Waals surface area contributed by atoms with Crippen LogP contribution in [-0.4, -0.2) is 20.9 Å². The molecule has 6 heteroatoms. The predicted molar refractivity (Wildman–Crippen MR) is 111 cm³/mol. The number of benzene rings is 3. The predicted octanol–water partition coefficient (Wildman–Crippen LogP) is 3.09. The molecule has 0 fully saturated rings. The van der Waals surface area contributed by atoms with Crippen molar-refractivity contribution >= 4 is 16.8 Å². The van der Waals surface area contributed by atoms with E-state index < -0.39 is 0 Å². The van der Waals surface area contributed by atoms with Gasteiger partial charge in [0.25, 0.3) is 5.56 Å². The molecular formula is C23H20N4O2. The maximum atomic E-state index is 12.7. The third-order valence-corrected chi connectivity index (χ3v) is 4.75. The van der Waals surface area contributed by atoms with Gasteiger partial charge in [-0.25, -0.2) is 4.68 Å². The van der Waals surface area contributed by atoms with Crippen molar-refractivity contribution < 1.29 is 4.79 Å². The van der Waals surface area contributed by atoms with Crippen LogP contribution in [0.15, 0.2) is 89.7 Å². The SMILES string of the molecule is O=C(CCn1nnc2ccccc2c1=O)NC(c1ccccc1)c1ccccc1. The molecule has 3 aromatic carbocycles. The summed E-state index contributed by atoms with van der Waals surface area (Å²) in [4.78, 5) is 25.2. The van der Waals surface area contributed by atoms with Crippen molar-refractivity contribution in [3.63, 3.8) is 0 Å². The summed E-state index contributed by atoms with van der Waals surface area (Å²) >= 11 is 0. The summed E-state index contributed by atoms with van der Waals surface area (Å²) in [6, 6.07) is 26.4. The Bertz CT molecular complexity index is 1130. The minimum atomic E-state index is -0.260. The number of rotatable bonds is 6. The molecule has 0 atom stereocenters. The Kier molecular flexibility index (Phi) is 5.42. The minimum absolute atomic E-state index is 0.128. The van der Waals surface area contributed by atoms with Crippen LogP contribution in [0.1, 0.15) is 23.6 Å². The summed E-state index contributed by atoms with van der Waals surface area (Å²) in [6.07, 6.45) is 0.128. The second-order valence-corrected chi connectivity index (χ2v) is 6.71. The van der Waals surface area contributed by atoms with Crippen LogP contribution >= 0.6 is 0 Å². The molecule has 0 aliphatic heterocycles. The largest absolute Gasteiger partial charge is 0.345 e. The van der Waals surface area contributed by atoms with Gasteiger partial charge in [0.1, 0.15) is 5.52 Å². The zero-order valence-corrected chi connectivity index (χ0v) is 15.7. The normalized spacial score (nSPS) is 10.9. The number of hydrogen-bond donors (Lipinski definition) is 1. The highest BCUT2D eigenvalue weighted by molar-refractivity contribution is 5.77. The molecule has 0 aliphatic carbocycles. The topological polar surface area (TPSA) is 76.9 Å². The van der Waals surface area contributed by atoms with E-state index in [-0.39, 0.29) is 30.5 Å². The number of hydrogen-bond acceptors (Lipinski definition) is 4. The second-order valence-electron chi connectivity index (χ2n) is 6.71. The van der Waals surface area contributed by atoms with E-state index in [1.165, 1.54) is 4.68 Å². The number of carbonyl (C=O) groups excluding carboxylic acids is 1. The molecule has 1 amide bonds. The fourth-order valence-corrected chi connectivity index (χ4v) is 3.26. The molecule has 4 rings (SSSR count). The maximum Gasteiger partial charge on any atom is 0.277 e. The summed E-state index contributed by atoms with van der Waals surface area (Å²) in [5.74, 6) is -0.162. The highest BCUT2D eigenvalue weighted by Crippen LogP contribution is 2.21. The first kappa shape index (κ1) is 18.6. The molecule has 0 unspecified atom stereocenters. The van der Waals surface area contributed by atoms with Gasteiger partial charge in [-0.3, -0.25) is 9.59 Å². The van der Waals surface area contributed by atoms with Crippen LogP contribution in [0.25, 0.3) is 10.9 Å². The van der Waals surface area contributed by atoms with Crippen molar-refractivity contribution in [2.45, 2.75) is 19.0 Å². The number of nitrogens with zero attached hydrogens (tertiary/aromatic N) is 3. The molecular weight excluding hydrogens is 364 g/mol. The number of nitrogens with one attached hydrogen (secondary N) is 1. The van der Waals surface area contributed by atoms with Crippen molar-refractivity contribution in [3.05, 3.63) is 106 Å². The van der Waals surface area contributed by atoms with Crippen LogP contribution < -0.4 is 10.9 Å². The van der Waals surface area contributed by atoms with Gasteiger partial charge in [-0.2, -0.15) is 0 Å². The molecule has 0 spiro atoms. The molecule has 0 radical (unpaired) electrons. The lowest BCUT2D eigenvalue weighted by molar-refractivity contribution is -0.121. The third-order valence-electron chi connectivity index (χ3n) is 4.75. The molecule has 0 aliphatic rings. The zero-order valence-electron chi connectivity index (χ0n) is 15.7. The summed E-state index contributed by atoms with van der Waals surface area (Å²) in [5, 5.41) is 11.6. The van der Waals surface area contributed by atoms with E-state index in [0.717, 1.165) is 11.1 Å². The van der Waals surface area contributed by atoms with E-state index in [4.69, 9.17) is 0 Å². The molecule has 0 bridgehead atoms. The molecule has 29 heavy (non-hydrogen) atoms. The summed E-state index contributed by atoms with van der Waals surface area (Å²) in [7, 11) is 0. The Labute approximate surface area is 167 Å². The molecule has 1 aromatic heterocycles. The van der Waals surface area contributed by atoms with Crippen molar-refractivity contribution in [3.8, 4) is 0 Å². The molecule has 1 N–H and O–H groups in total. The van der Waals surface area contributed by atoms with Crippen LogP contribution in [0.5, 0.6) is 0 Å². The molecule has 0 saturated heterocycles. The van der Waals surface area contributed by atoms with Gasteiger partial charge in [0.05, 0.1) is 18.0 Å². The molecule has 4 aromatic rings. The number of carbonyl (C=O) groups is 1. The van der Waals surface area contributed by atoms with Gasteiger partial charge < -0.3 is 5.32 Å². The van der Waals surface area contributed by atoms with E-state index in [9.17, 15) is 9.59 Å². The van der Waals surface area contributed by atoms with E-state index >= 15 is 0 Å². The van der Waals surface area contributed by atoms with Gasteiger partial charge in [-0.1, -0.05) is 78.0 Å². The number of fused-ring (bicyclic) bond motifs is 1. The first-order chi connectivity index (χ1) is 14.2. The summed E-state index contributed by atoms with van der Waals surface area (Å²) < 4.78 is 1.24. The number of aryl methyl sites for hydroxylation is 1. The van der Waals surface area contributed by atoms with Gasteiger partial charge in [0, 0.05) is 6.42 Å². The standard InChI is InChI=1S/C23H20N4O2/c28-21(15-16-27-23(29)19-13-7-8-14-20(19)25-26-27)24-22(17-9-3-1-4-10-17)18-11-5-2-6-12-18/h1-14,22H,15-16H2,(H,24,28). The van der Waals surface area contributed by atoms with Gasteiger partial charge in [-0.15, -0.1) is 5.10 Å². The van der Waals surface area contributed by atoms with E-state index in [2.05, 4.69) is 15.6 Å². The van der Waals surface area contributed by atoms with Crippen molar-refractivity contribution in [2.24, 2.45) is 0 Å². The highest BCUT2D eigenvalue weighted by atomic mass is 16.2. The Hall–Kier alpha value is -3.80. The smallest absolute Gasteiger partial charge is 0.277 e. The van der Waals surface area contributed by atoms with Crippen LogP contribution in [-0.2, 0) is 11.3 Å². The number of aromatic nitrogens is 3. The van der Waals surface area contributed by atoms with Gasteiger partial charge >= 0.3 is 0 Å². The monoisotopic (exact) mass is 384 g/mol. The number of amides is 1. The Morgan fingerprint density at radius 1 is 0.862 bits per heavy atom. The Morgan fingerprint density at radius 2 is 1.45 bits per heavy atom. The average molecular weight is 384 g/mol. The third kappa shape index (κ3) is 4.21. The first-order valence-electron chi connectivity index (χ1n) is 9.44. The first-order valence-corrected chi connectivity index (χ1v) is 9.44. The van der Waals surface area contributed by atoms with Crippen LogP contribution in [0.4, 0.5) is 0 Å². The van der Waals surface area contributed by atoms with Crippen LogP contribution in [0.3, 0.4) is 0 Å². The molecule has 144 valence electrons. The Morgan fingerprint density at radius 3 is 2.10 bits per heavy atom. The van der Waals surface area contributed by atoms with Crippen molar-refractivity contribution in [2.75, 3.05) is 0 Å². The van der Waals surface area contributed by atoms with Gasteiger partial charge in [0.15, 0.2) is 0 Å². The molecule has 0 saturated carbocycles. The maximum absolute atomic E-state index is 12.7. The average Bonchev–Trinajstić information content (AvgIpc) is 2.78. The molecule has 1 heterocycles. The van der Waals surface area contributed by atoms with Crippen LogP contribution in [0.2, 0.25) is 0 Å². The highest BCUT2D eigenvalue weighted by Gasteiger charge is 2.17. The molecule has 6 nitrogen and oxygen atoms in total. The van der Waals surface area contributed by atoms with Gasteiger partial charge in [-0.05, 0) is 23.3 Å². The zero-order chi connectivity index (χ0) is 20.1. The van der Waals surface area contributed by atoms with E-state index in [0.29, 0.717) is 10.9 Å². The van der Waals surface area contributed by atoms with E-state index in [1.54, 1.807) is 18.2 Å². The van der Waals surface area contributed by atoms with Crippen molar-refractivity contribution in [1.82, 2.24) is 20.3 Å². The van der Waals surface area contributed by atoms with Crippen molar-refractivity contribution in [1.29, 1.82) is 0 Å². The summed E-state index contributed by atoms with van der Waals surface area (Å²) in [5.41, 5.74) is 2.29.